The molecule has 2 aromatic rings. The van der Waals surface area contributed by atoms with E-state index in [4.69, 9.17) is 4.74 Å². The molecular weight excluding hydrogens is 327 g/mol. The van der Waals surface area contributed by atoms with Gasteiger partial charge in [0.15, 0.2) is 5.13 Å². The lowest BCUT2D eigenvalue weighted by Gasteiger charge is -2.12. The Kier molecular flexibility index (Phi) is 5.36. The number of methoxy groups -OCH3 is 1. The van der Waals surface area contributed by atoms with Crippen molar-refractivity contribution in [3.63, 3.8) is 0 Å². The van der Waals surface area contributed by atoms with Crippen LogP contribution in [0.15, 0.2) is 11.4 Å². The number of aromatic nitrogens is 2. The summed E-state index contributed by atoms with van der Waals surface area (Å²) in [4.78, 5) is 4.47. The quantitative estimate of drug-likeness (QED) is 0.850. The van der Waals surface area contributed by atoms with Gasteiger partial charge in [-0.2, -0.15) is 13.2 Å². The zero-order valence-corrected chi connectivity index (χ0v) is 14.3. The minimum Gasteiger partial charge on any atom is -0.383 e. The number of thiazole rings is 1. The van der Waals surface area contributed by atoms with Crippen molar-refractivity contribution < 1.29 is 17.9 Å². The Bertz CT molecular complexity index is 663. The van der Waals surface area contributed by atoms with E-state index < -0.39 is 12.7 Å². The summed E-state index contributed by atoms with van der Waals surface area (Å²) < 4.78 is 44.4. The van der Waals surface area contributed by atoms with E-state index in [1.807, 2.05) is 12.3 Å². The smallest absolute Gasteiger partial charge is 0.383 e. The Balaban J connectivity index is 2.23. The van der Waals surface area contributed by atoms with Crippen LogP contribution in [0.25, 0.3) is 11.3 Å². The van der Waals surface area contributed by atoms with Crippen molar-refractivity contribution in [1.82, 2.24) is 9.55 Å². The fraction of sp³-hybridized carbons (Fsp3) is 0.533. The van der Waals surface area contributed by atoms with Gasteiger partial charge in [0.2, 0.25) is 0 Å². The maximum Gasteiger partial charge on any atom is 0.406 e. The van der Waals surface area contributed by atoms with Crippen LogP contribution in [-0.2, 0) is 11.3 Å². The van der Waals surface area contributed by atoms with Crippen LogP contribution < -0.4 is 5.32 Å². The lowest BCUT2D eigenvalue weighted by molar-refractivity contribution is -0.141. The molecular formula is C15H20F3N3OS. The third-order valence-electron chi connectivity index (χ3n) is 3.48. The first-order valence-corrected chi connectivity index (χ1v) is 8.04. The van der Waals surface area contributed by atoms with Gasteiger partial charge in [-0.05, 0) is 26.8 Å². The first-order chi connectivity index (χ1) is 10.7. The molecule has 0 aliphatic rings. The summed E-state index contributed by atoms with van der Waals surface area (Å²) >= 11 is 1.43. The molecule has 0 unspecified atom stereocenters. The molecule has 0 saturated heterocycles. The monoisotopic (exact) mass is 347 g/mol. The van der Waals surface area contributed by atoms with Gasteiger partial charge in [0.25, 0.3) is 0 Å². The normalized spacial score (nSPS) is 13.3. The van der Waals surface area contributed by atoms with Crippen molar-refractivity contribution >= 4 is 16.5 Å². The van der Waals surface area contributed by atoms with E-state index in [0.29, 0.717) is 23.7 Å². The Hall–Kier alpha value is -1.54. The Labute approximate surface area is 137 Å². The van der Waals surface area contributed by atoms with Crippen LogP contribution >= 0.6 is 11.3 Å². The van der Waals surface area contributed by atoms with Gasteiger partial charge < -0.3 is 14.6 Å². The minimum atomic E-state index is -4.24. The molecule has 2 rings (SSSR count). The highest BCUT2D eigenvalue weighted by atomic mass is 32.1. The molecule has 0 aliphatic heterocycles. The Morgan fingerprint density at radius 3 is 2.70 bits per heavy atom. The van der Waals surface area contributed by atoms with Gasteiger partial charge in [0, 0.05) is 35.5 Å². The van der Waals surface area contributed by atoms with E-state index in [1.54, 1.807) is 27.0 Å². The third kappa shape index (κ3) is 4.48. The van der Waals surface area contributed by atoms with E-state index in [1.165, 1.54) is 15.9 Å². The molecule has 0 aliphatic carbocycles. The van der Waals surface area contributed by atoms with Crippen molar-refractivity contribution in [2.45, 2.75) is 39.5 Å². The number of hydrogen-bond acceptors (Lipinski definition) is 4. The number of aryl methyl sites for hydroxylation is 1. The number of hydrogen-bond donors (Lipinski definition) is 1. The minimum absolute atomic E-state index is 0.108. The molecule has 2 heterocycles. The van der Waals surface area contributed by atoms with Crippen molar-refractivity contribution in [3.8, 4) is 11.3 Å². The predicted molar refractivity (Wildman–Crippen MR) is 86.0 cm³/mol. The topological polar surface area (TPSA) is 39.1 Å². The second-order valence-corrected chi connectivity index (χ2v) is 6.38. The van der Waals surface area contributed by atoms with E-state index >= 15 is 0 Å². The van der Waals surface area contributed by atoms with Crippen molar-refractivity contribution in [3.05, 3.63) is 22.8 Å². The SMILES string of the molecule is COC[C@@H](C)Nc1nc(-c2cc(C)n(CC(F)(F)F)c2C)cs1. The maximum atomic E-state index is 12.7. The van der Waals surface area contributed by atoms with Crippen LogP contribution in [0, 0.1) is 13.8 Å². The van der Waals surface area contributed by atoms with Crippen LogP contribution in [0.1, 0.15) is 18.3 Å². The van der Waals surface area contributed by atoms with Crippen LogP contribution in [0.3, 0.4) is 0 Å². The van der Waals surface area contributed by atoms with E-state index in [0.717, 1.165) is 10.7 Å². The Morgan fingerprint density at radius 1 is 1.39 bits per heavy atom. The van der Waals surface area contributed by atoms with E-state index in [2.05, 4.69) is 10.3 Å². The summed E-state index contributed by atoms with van der Waals surface area (Å²) in [6.45, 7) is 4.90. The number of alkyl halides is 3. The highest BCUT2D eigenvalue weighted by Crippen LogP contribution is 2.31. The highest BCUT2D eigenvalue weighted by molar-refractivity contribution is 7.14. The van der Waals surface area contributed by atoms with Gasteiger partial charge in [-0.3, -0.25) is 0 Å². The molecule has 0 fully saturated rings. The molecule has 0 saturated carbocycles. The molecule has 128 valence electrons. The van der Waals surface area contributed by atoms with Gasteiger partial charge in [-0.15, -0.1) is 11.3 Å². The van der Waals surface area contributed by atoms with Crippen molar-refractivity contribution in [1.29, 1.82) is 0 Å². The van der Waals surface area contributed by atoms with Crippen LogP contribution in [0.2, 0.25) is 0 Å². The van der Waals surface area contributed by atoms with Gasteiger partial charge >= 0.3 is 6.18 Å². The molecule has 2 aromatic heterocycles. The van der Waals surface area contributed by atoms with Gasteiger partial charge in [-0.1, -0.05) is 0 Å². The largest absolute Gasteiger partial charge is 0.406 e. The molecule has 0 radical (unpaired) electrons. The Morgan fingerprint density at radius 2 is 2.09 bits per heavy atom. The highest BCUT2D eigenvalue weighted by Gasteiger charge is 2.30. The fourth-order valence-electron chi connectivity index (χ4n) is 2.45. The maximum absolute atomic E-state index is 12.7. The van der Waals surface area contributed by atoms with Gasteiger partial charge in [0.1, 0.15) is 6.54 Å². The number of anilines is 1. The molecule has 23 heavy (non-hydrogen) atoms. The second-order valence-electron chi connectivity index (χ2n) is 5.52. The zero-order chi connectivity index (χ0) is 17.2. The molecule has 0 bridgehead atoms. The number of rotatable bonds is 6. The van der Waals surface area contributed by atoms with Crippen LogP contribution in [-0.4, -0.2) is 35.5 Å². The average Bonchev–Trinajstić information content (AvgIpc) is 2.97. The summed E-state index contributed by atoms with van der Waals surface area (Å²) in [5, 5.41) is 5.78. The lowest BCUT2D eigenvalue weighted by atomic mass is 10.2. The third-order valence-corrected chi connectivity index (χ3v) is 4.25. The second kappa shape index (κ2) is 6.92. The molecule has 0 aromatic carbocycles. The predicted octanol–water partition coefficient (Wildman–Crippen LogP) is 4.24. The molecule has 0 amide bonds. The number of halogens is 3. The van der Waals surface area contributed by atoms with Crippen LogP contribution in [0.5, 0.6) is 0 Å². The summed E-state index contributed by atoms with van der Waals surface area (Å²) in [5.74, 6) is 0. The zero-order valence-electron chi connectivity index (χ0n) is 13.5. The summed E-state index contributed by atoms with van der Waals surface area (Å²) in [5.41, 5.74) is 2.56. The number of ether oxygens (including phenoxy) is 1. The van der Waals surface area contributed by atoms with E-state index in [-0.39, 0.29) is 6.04 Å². The number of nitrogens with one attached hydrogen (secondary N) is 1. The standard InChI is InChI=1S/C15H20F3N3OS/c1-9(6-22-4)19-14-20-13(7-23-14)12-5-10(2)21(11(12)3)8-15(16,17)18/h5,7,9H,6,8H2,1-4H3,(H,19,20)/t9-/m1/s1. The van der Waals surface area contributed by atoms with Crippen molar-refractivity contribution in [2.75, 3.05) is 19.0 Å². The summed E-state index contributed by atoms with van der Waals surface area (Å²) in [6, 6.07) is 1.86. The molecule has 0 spiro atoms. The average molecular weight is 347 g/mol. The lowest BCUT2D eigenvalue weighted by Crippen LogP contribution is -2.20. The van der Waals surface area contributed by atoms with Gasteiger partial charge in [-0.25, -0.2) is 4.98 Å². The fourth-order valence-corrected chi connectivity index (χ4v) is 3.27. The molecule has 8 heteroatoms. The first kappa shape index (κ1) is 17.8. The van der Waals surface area contributed by atoms with Crippen molar-refractivity contribution in [2.24, 2.45) is 0 Å². The van der Waals surface area contributed by atoms with Crippen LogP contribution in [0.4, 0.5) is 18.3 Å². The van der Waals surface area contributed by atoms with Gasteiger partial charge in [0.05, 0.1) is 12.3 Å². The molecule has 1 N–H and O–H groups in total. The molecule has 1 atom stereocenters. The first-order valence-electron chi connectivity index (χ1n) is 7.16. The molecule has 4 nitrogen and oxygen atoms in total. The van der Waals surface area contributed by atoms with E-state index in [9.17, 15) is 13.2 Å². The number of nitrogens with zero attached hydrogens (tertiary/aromatic N) is 2. The summed E-state index contributed by atoms with van der Waals surface area (Å²) in [7, 11) is 1.63. The summed E-state index contributed by atoms with van der Waals surface area (Å²) in [6.07, 6.45) is -4.24.